The van der Waals surface area contributed by atoms with Crippen LogP contribution in [0.15, 0.2) is 46.8 Å². The number of H-pyrrole nitrogens is 1. The first-order valence-corrected chi connectivity index (χ1v) is 8.74. The molecule has 0 saturated heterocycles. The van der Waals surface area contributed by atoms with E-state index < -0.39 is 0 Å². The van der Waals surface area contributed by atoms with Gasteiger partial charge in [-0.25, -0.2) is 0 Å². The third-order valence-corrected chi connectivity index (χ3v) is 4.86. The van der Waals surface area contributed by atoms with E-state index in [1.165, 1.54) is 27.0 Å². The van der Waals surface area contributed by atoms with E-state index in [1.807, 2.05) is 0 Å². The van der Waals surface area contributed by atoms with Crippen LogP contribution < -0.4 is 11.1 Å². The van der Waals surface area contributed by atoms with Crippen LogP contribution in [0.5, 0.6) is 0 Å². The summed E-state index contributed by atoms with van der Waals surface area (Å²) in [6.07, 6.45) is 1.87. The van der Waals surface area contributed by atoms with Crippen LogP contribution in [0.4, 0.5) is 0 Å². The highest BCUT2D eigenvalue weighted by molar-refractivity contribution is 14.0. The first-order chi connectivity index (χ1) is 11.2. The number of nitrogens with one attached hydrogen (secondary N) is 2. The van der Waals surface area contributed by atoms with Crippen LogP contribution in [-0.2, 0) is 12.8 Å². The van der Waals surface area contributed by atoms with Crippen molar-refractivity contribution in [1.82, 2.24) is 10.3 Å². The third kappa shape index (κ3) is 4.73. The normalized spacial score (nSPS) is 11.5. The predicted octanol–water partition coefficient (Wildman–Crippen LogP) is 3.85. The summed E-state index contributed by atoms with van der Waals surface area (Å²) < 4.78 is 0. The number of benzene rings is 1. The summed E-state index contributed by atoms with van der Waals surface area (Å²) in [4.78, 5) is 9.16. The maximum absolute atomic E-state index is 5.94. The number of aromatic amines is 1. The number of hydrogen-bond acceptors (Lipinski definition) is 2. The number of rotatable bonds is 6. The Morgan fingerprint density at radius 2 is 2.04 bits per heavy atom. The van der Waals surface area contributed by atoms with Gasteiger partial charge in [0.1, 0.15) is 0 Å². The molecule has 0 saturated carbocycles. The molecule has 1 aromatic carbocycles. The molecule has 0 aliphatic carbocycles. The van der Waals surface area contributed by atoms with Gasteiger partial charge in [-0.05, 0) is 36.4 Å². The molecule has 3 rings (SSSR count). The van der Waals surface area contributed by atoms with Gasteiger partial charge < -0.3 is 16.0 Å². The average molecular weight is 454 g/mol. The maximum Gasteiger partial charge on any atom is 0.188 e. The highest BCUT2D eigenvalue weighted by Crippen LogP contribution is 2.21. The topological polar surface area (TPSA) is 66.2 Å². The molecule has 128 valence electrons. The minimum Gasteiger partial charge on any atom is -0.370 e. The SMILES string of the molecule is Cc1[nH]c2ccccc2c1CCNC(N)=NCCc1cccs1.I. The summed E-state index contributed by atoms with van der Waals surface area (Å²) in [5.74, 6) is 0.527. The fourth-order valence-corrected chi connectivity index (χ4v) is 3.47. The van der Waals surface area contributed by atoms with Crippen LogP contribution in [0.25, 0.3) is 10.9 Å². The number of aromatic nitrogens is 1. The molecular weight excluding hydrogens is 431 g/mol. The lowest BCUT2D eigenvalue weighted by Crippen LogP contribution is -2.33. The number of thiophene rings is 1. The zero-order valence-electron chi connectivity index (χ0n) is 13.7. The lowest BCUT2D eigenvalue weighted by atomic mass is 10.1. The van der Waals surface area contributed by atoms with E-state index in [2.05, 4.69) is 64.0 Å². The average Bonchev–Trinajstić information content (AvgIpc) is 3.16. The number of aryl methyl sites for hydroxylation is 1. The fourth-order valence-electron chi connectivity index (χ4n) is 2.77. The predicted molar refractivity (Wildman–Crippen MR) is 115 cm³/mol. The molecule has 4 nitrogen and oxygen atoms in total. The van der Waals surface area contributed by atoms with Gasteiger partial charge in [-0.2, -0.15) is 0 Å². The van der Waals surface area contributed by atoms with Gasteiger partial charge in [0.25, 0.3) is 0 Å². The van der Waals surface area contributed by atoms with Gasteiger partial charge in [-0.3, -0.25) is 4.99 Å². The van der Waals surface area contributed by atoms with Crippen molar-refractivity contribution < 1.29 is 0 Å². The molecule has 4 N–H and O–H groups in total. The first kappa shape index (κ1) is 18.8. The van der Waals surface area contributed by atoms with Crippen LogP contribution in [0.3, 0.4) is 0 Å². The monoisotopic (exact) mass is 454 g/mol. The van der Waals surface area contributed by atoms with Gasteiger partial charge in [-0.15, -0.1) is 35.3 Å². The number of aliphatic imine (C=N–C) groups is 1. The fraction of sp³-hybridized carbons (Fsp3) is 0.278. The number of guanidine groups is 1. The van der Waals surface area contributed by atoms with Crippen LogP contribution in [-0.4, -0.2) is 24.0 Å². The van der Waals surface area contributed by atoms with Crippen molar-refractivity contribution in [2.24, 2.45) is 10.7 Å². The van der Waals surface area contributed by atoms with Crippen LogP contribution in [0.2, 0.25) is 0 Å². The van der Waals surface area contributed by atoms with Crippen molar-refractivity contribution in [2.45, 2.75) is 19.8 Å². The maximum atomic E-state index is 5.94. The van der Waals surface area contributed by atoms with Crippen molar-refractivity contribution >= 4 is 52.2 Å². The summed E-state index contributed by atoms with van der Waals surface area (Å²) in [5, 5.41) is 6.59. The minimum atomic E-state index is 0. The van der Waals surface area contributed by atoms with Crippen LogP contribution in [0.1, 0.15) is 16.1 Å². The first-order valence-electron chi connectivity index (χ1n) is 7.86. The van der Waals surface area contributed by atoms with Gasteiger partial charge in [0.2, 0.25) is 0 Å². The molecule has 0 aliphatic heterocycles. The Labute approximate surface area is 163 Å². The van der Waals surface area contributed by atoms with Gasteiger partial charge >= 0.3 is 0 Å². The quantitative estimate of drug-likeness (QED) is 0.301. The van der Waals surface area contributed by atoms with E-state index in [-0.39, 0.29) is 24.0 Å². The largest absolute Gasteiger partial charge is 0.370 e. The van der Waals surface area contributed by atoms with E-state index in [0.29, 0.717) is 5.96 Å². The Balaban J connectivity index is 0.00000208. The highest BCUT2D eigenvalue weighted by atomic mass is 127. The zero-order chi connectivity index (χ0) is 16.1. The third-order valence-electron chi connectivity index (χ3n) is 3.93. The number of hydrogen-bond donors (Lipinski definition) is 3. The molecule has 3 aromatic rings. The zero-order valence-corrected chi connectivity index (χ0v) is 16.9. The second-order valence-electron chi connectivity index (χ2n) is 5.55. The number of halogens is 1. The molecule has 2 heterocycles. The smallest absolute Gasteiger partial charge is 0.188 e. The molecule has 0 radical (unpaired) electrons. The van der Waals surface area contributed by atoms with Crippen molar-refractivity contribution in [3.63, 3.8) is 0 Å². The van der Waals surface area contributed by atoms with Gasteiger partial charge in [0.05, 0.1) is 0 Å². The van der Waals surface area contributed by atoms with Crippen molar-refractivity contribution in [3.05, 3.63) is 57.9 Å². The Kier molecular flexibility index (Phi) is 7.11. The number of nitrogens with two attached hydrogens (primary N) is 1. The number of nitrogens with zero attached hydrogens (tertiary/aromatic N) is 1. The van der Waals surface area contributed by atoms with E-state index in [4.69, 9.17) is 5.73 Å². The molecule has 0 bridgehead atoms. The minimum absolute atomic E-state index is 0. The molecule has 24 heavy (non-hydrogen) atoms. The summed E-state index contributed by atoms with van der Waals surface area (Å²) in [6.45, 7) is 3.64. The van der Waals surface area contributed by atoms with Crippen molar-refractivity contribution in [3.8, 4) is 0 Å². The van der Waals surface area contributed by atoms with Gasteiger partial charge in [-0.1, -0.05) is 24.3 Å². The Morgan fingerprint density at radius 3 is 2.83 bits per heavy atom. The van der Waals surface area contributed by atoms with Crippen LogP contribution in [0, 0.1) is 6.92 Å². The van der Waals surface area contributed by atoms with Crippen LogP contribution >= 0.6 is 35.3 Å². The lowest BCUT2D eigenvalue weighted by Gasteiger charge is -2.06. The molecule has 0 spiro atoms. The Bertz CT molecular complexity index is 793. The summed E-state index contributed by atoms with van der Waals surface area (Å²) in [7, 11) is 0. The van der Waals surface area contributed by atoms with Gasteiger partial charge in [0, 0.05) is 41.0 Å². The number of para-hydroxylation sites is 1. The molecule has 0 atom stereocenters. The standard InChI is InChI=1S/C18H22N4S.HI/c1-13-15(16-6-2-3-7-17(16)22-13)9-11-21-18(19)20-10-8-14-5-4-12-23-14;/h2-7,12,22H,8-11H2,1H3,(H3,19,20,21);1H. The van der Waals surface area contributed by atoms with Crippen molar-refractivity contribution in [2.75, 3.05) is 13.1 Å². The number of fused-ring (bicyclic) bond motifs is 1. The van der Waals surface area contributed by atoms with E-state index in [9.17, 15) is 0 Å². The molecule has 2 aromatic heterocycles. The van der Waals surface area contributed by atoms with E-state index in [1.54, 1.807) is 11.3 Å². The molecule has 0 aliphatic rings. The highest BCUT2D eigenvalue weighted by Gasteiger charge is 2.07. The molecular formula is C18H23IN4S. The molecule has 6 heteroatoms. The Hall–Kier alpha value is -1.54. The molecule has 0 fully saturated rings. The second-order valence-corrected chi connectivity index (χ2v) is 6.58. The van der Waals surface area contributed by atoms with E-state index in [0.717, 1.165) is 25.9 Å². The second kappa shape index (κ2) is 9.08. The summed E-state index contributed by atoms with van der Waals surface area (Å²) in [5.41, 5.74) is 9.70. The Morgan fingerprint density at radius 1 is 1.21 bits per heavy atom. The summed E-state index contributed by atoms with van der Waals surface area (Å²) >= 11 is 1.76. The molecule has 0 amide bonds. The molecule has 0 unspecified atom stereocenters. The summed E-state index contributed by atoms with van der Waals surface area (Å²) in [6, 6.07) is 12.6. The van der Waals surface area contributed by atoms with Gasteiger partial charge in [0.15, 0.2) is 5.96 Å². The van der Waals surface area contributed by atoms with E-state index >= 15 is 0 Å². The lowest BCUT2D eigenvalue weighted by molar-refractivity contribution is 0.844. The van der Waals surface area contributed by atoms with Crippen molar-refractivity contribution in [1.29, 1.82) is 0 Å².